The van der Waals surface area contributed by atoms with Crippen LogP contribution in [0.1, 0.15) is 6.92 Å². The van der Waals surface area contributed by atoms with E-state index in [2.05, 4.69) is 45.4 Å². The standard InChI is InChI=1S/C26H28FN9OS/c1-18(37)14-28-19-6-8-20(9-7-19)33-24-31-17-32-26(34-24)36-12-10-35(11-13-36)25-29-15-21(16-30-25)38-23-5-3-2-4-22(23)27/h2-9,15-18,28,37H,10-14H2,1H3,(H,31,32,33,34). The Morgan fingerprint density at radius 1 is 0.895 bits per heavy atom. The van der Waals surface area contributed by atoms with Crippen LogP contribution in [0.5, 0.6) is 0 Å². The molecule has 5 rings (SSSR count). The second kappa shape index (κ2) is 12.0. The third-order valence-electron chi connectivity index (χ3n) is 5.83. The van der Waals surface area contributed by atoms with Crippen LogP contribution in [-0.2, 0) is 0 Å². The molecule has 0 radical (unpaired) electrons. The molecule has 1 aliphatic heterocycles. The van der Waals surface area contributed by atoms with Crippen molar-refractivity contribution >= 4 is 41.0 Å². The van der Waals surface area contributed by atoms with Gasteiger partial charge in [0.2, 0.25) is 17.8 Å². The molecule has 1 fully saturated rings. The van der Waals surface area contributed by atoms with Crippen molar-refractivity contribution in [2.75, 3.05) is 53.2 Å². The van der Waals surface area contributed by atoms with Crippen LogP contribution in [0, 0.1) is 5.82 Å². The minimum absolute atomic E-state index is 0.256. The number of rotatable bonds is 9. The van der Waals surface area contributed by atoms with Gasteiger partial charge in [0, 0.05) is 66.3 Å². The summed E-state index contributed by atoms with van der Waals surface area (Å²) in [6.07, 6.45) is 4.55. The SMILES string of the molecule is CC(O)CNc1ccc(Nc2ncnc(N3CCN(c4ncc(Sc5ccccc5F)cn4)CC3)n2)cc1. The number of hydrogen-bond donors (Lipinski definition) is 3. The smallest absolute Gasteiger partial charge is 0.231 e. The van der Waals surface area contributed by atoms with Gasteiger partial charge in [-0.1, -0.05) is 23.9 Å². The molecule has 0 bridgehead atoms. The number of aliphatic hydroxyl groups excluding tert-OH is 1. The highest BCUT2D eigenvalue weighted by Gasteiger charge is 2.21. The van der Waals surface area contributed by atoms with E-state index >= 15 is 0 Å². The summed E-state index contributed by atoms with van der Waals surface area (Å²) in [5.41, 5.74) is 1.77. The second-order valence-corrected chi connectivity index (χ2v) is 9.88. The minimum Gasteiger partial charge on any atom is -0.392 e. The number of anilines is 5. The average molecular weight is 534 g/mol. The molecule has 0 aliphatic carbocycles. The van der Waals surface area contributed by atoms with Gasteiger partial charge in [0.15, 0.2) is 0 Å². The minimum atomic E-state index is -0.414. The van der Waals surface area contributed by atoms with Crippen molar-refractivity contribution in [1.82, 2.24) is 24.9 Å². The lowest BCUT2D eigenvalue weighted by Gasteiger charge is -2.34. The fourth-order valence-electron chi connectivity index (χ4n) is 3.85. The summed E-state index contributed by atoms with van der Waals surface area (Å²) in [5.74, 6) is 1.46. The van der Waals surface area contributed by atoms with E-state index in [1.807, 2.05) is 30.3 Å². The average Bonchev–Trinajstić information content (AvgIpc) is 2.95. The second-order valence-electron chi connectivity index (χ2n) is 8.77. The summed E-state index contributed by atoms with van der Waals surface area (Å²) < 4.78 is 13.9. The van der Waals surface area contributed by atoms with Gasteiger partial charge in [0.1, 0.15) is 12.1 Å². The molecular formula is C26H28FN9OS. The monoisotopic (exact) mass is 533 g/mol. The summed E-state index contributed by atoms with van der Waals surface area (Å²) in [4.78, 5) is 27.8. The summed E-state index contributed by atoms with van der Waals surface area (Å²) in [7, 11) is 0. The van der Waals surface area contributed by atoms with Gasteiger partial charge in [-0.15, -0.1) is 0 Å². The molecule has 1 unspecified atom stereocenters. The molecule has 1 saturated heterocycles. The van der Waals surface area contributed by atoms with Crippen LogP contribution in [0.25, 0.3) is 0 Å². The molecule has 10 nitrogen and oxygen atoms in total. The predicted octanol–water partition coefficient (Wildman–Crippen LogP) is 3.81. The molecule has 12 heteroatoms. The topological polar surface area (TPSA) is 115 Å². The largest absolute Gasteiger partial charge is 0.392 e. The molecule has 0 saturated carbocycles. The number of aliphatic hydroxyl groups is 1. The number of hydrogen-bond acceptors (Lipinski definition) is 11. The number of benzene rings is 2. The van der Waals surface area contributed by atoms with Gasteiger partial charge in [0.25, 0.3) is 0 Å². The van der Waals surface area contributed by atoms with Crippen molar-refractivity contribution in [3.05, 3.63) is 73.1 Å². The lowest BCUT2D eigenvalue weighted by Crippen LogP contribution is -2.47. The maximum atomic E-state index is 13.9. The van der Waals surface area contributed by atoms with E-state index in [0.29, 0.717) is 42.4 Å². The van der Waals surface area contributed by atoms with E-state index < -0.39 is 6.10 Å². The Balaban J connectivity index is 1.15. The van der Waals surface area contributed by atoms with Crippen LogP contribution in [0.15, 0.2) is 77.0 Å². The first kappa shape index (κ1) is 25.6. The fourth-order valence-corrected chi connectivity index (χ4v) is 4.63. The molecular weight excluding hydrogens is 505 g/mol. The lowest BCUT2D eigenvalue weighted by atomic mass is 10.2. The highest BCUT2D eigenvalue weighted by atomic mass is 32.2. The summed E-state index contributed by atoms with van der Waals surface area (Å²) in [5, 5.41) is 15.8. The van der Waals surface area contributed by atoms with Crippen molar-refractivity contribution in [3.63, 3.8) is 0 Å². The van der Waals surface area contributed by atoms with Crippen LogP contribution in [-0.4, -0.2) is 68.9 Å². The fraction of sp³-hybridized carbons (Fsp3) is 0.269. The first-order valence-corrected chi connectivity index (χ1v) is 13.1. The van der Waals surface area contributed by atoms with E-state index in [-0.39, 0.29) is 5.82 Å². The predicted molar refractivity (Wildman–Crippen MR) is 147 cm³/mol. The Morgan fingerprint density at radius 2 is 1.55 bits per heavy atom. The summed E-state index contributed by atoms with van der Waals surface area (Å²) in [6, 6.07) is 14.4. The highest BCUT2D eigenvalue weighted by Crippen LogP contribution is 2.29. The Kier molecular flexibility index (Phi) is 8.09. The van der Waals surface area contributed by atoms with Crippen molar-refractivity contribution in [2.24, 2.45) is 0 Å². The Hall–Kier alpha value is -4.03. The van der Waals surface area contributed by atoms with Gasteiger partial charge in [-0.2, -0.15) is 4.98 Å². The number of halogens is 1. The van der Waals surface area contributed by atoms with Crippen LogP contribution in [0.2, 0.25) is 0 Å². The maximum absolute atomic E-state index is 13.9. The number of piperazine rings is 1. The Morgan fingerprint density at radius 3 is 2.24 bits per heavy atom. The molecule has 1 aliphatic rings. The van der Waals surface area contributed by atoms with Crippen molar-refractivity contribution in [1.29, 1.82) is 0 Å². The molecule has 196 valence electrons. The van der Waals surface area contributed by atoms with Crippen LogP contribution in [0.4, 0.5) is 33.6 Å². The van der Waals surface area contributed by atoms with Gasteiger partial charge in [0.05, 0.1) is 6.10 Å². The molecule has 1 atom stereocenters. The zero-order valence-electron chi connectivity index (χ0n) is 20.8. The van der Waals surface area contributed by atoms with E-state index in [1.54, 1.807) is 31.5 Å². The Bertz CT molecular complexity index is 1330. The van der Waals surface area contributed by atoms with Crippen molar-refractivity contribution < 1.29 is 9.50 Å². The van der Waals surface area contributed by atoms with Gasteiger partial charge >= 0.3 is 0 Å². The van der Waals surface area contributed by atoms with Crippen LogP contribution < -0.4 is 20.4 Å². The molecule has 3 heterocycles. The van der Waals surface area contributed by atoms with Gasteiger partial charge in [-0.05, 0) is 43.3 Å². The van der Waals surface area contributed by atoms with E-state index in [4.69, 9.17) is 0 Å². The van der Waals surface area contributed by atoms with Crippen molar-refractivity contribution in [3.8, 4) is 0 Å². The van der Waals surface area contributed by atoms with E-state index in [9.17, 15) is 9.50 Å². The lowest BCUT2D eigenvalue weighted by molar-refractivity contribution is 0.208. The molecule has 38 heavy (non-hydrogen) atoms. The summed E-state index contributed by atoms with van der Waals surface area (Å²) >= 11 is 1.31. The van der Waals surface area contributed by atoms with Crippen molar-refractivity contribution in [2.45, 2.75) is 22.8 Å². The van der Waals surface area contributed by atoms with E-state index in [1.165, 1.54) is 24.2 Å². The van der Waals surface area contributed by atoms with Gasteiger partial charge in [-0.3, -0.25) is 0 Å². The van der Waals surface area contributed by atoms with Crippen LogP contribution in [0.3, 0.4) is 0 Å². The molecule has 2 aromatic heterocycles. The third kappa shape index (κ3) is 6.64. The van der Waals surface area contributed by atoms with Gasteiger partial charge in [-0.25, -0.2) is 24.3 Å². The quantitative estimate of drug-likeness (QED) is 0.292. The Labute approximate surface area is 224 Å². The molecule has 4 aromatic rings. The summed E-state index contributed by atoms with van der Waals surface area (Å²) in [6.45, 7) is 5.08. The maximum Gasteiger partial charge on any atom is 0.231 e. The zero-order valence-corrected chi connectivity index (χ0v) is 21.6. The normalized spacial score (nSPS) is 14.3. The highest BCUT2D eigenvalue weighted by molar-refractivity contribution is 7.99. The van der Waals surface area contributed by atoms with E-state index in [0.717, 1.165) is 29.4 Å². The molecule has 2 aromatic carbocycles. The molecule has 0 spiro atoms. The molecule has 3 N–H and O–H groups in total. The molecule has 0 amide bonds. The number of aromatic nitrogens is 5. The first-order chi connectivity index (χ1) is 18.5. The number of nitrogens with zero attached hydrogens (tertiary/aromatic N) is 7. The zero-order chi connectivity index (χ0) is 26.3. The third-order valence-corrected chi connectivity index (χ3v) is 6.82. The van der Waals surface area contributed by atoms with Gasteiger partial charge < -0.3 is 25.5 Å². The number of nitrogens with one attached hydrogen (secondary N) is 2. The van der Waals surface area contributed by atoms with Crippen LogP contribution >= 0.6 is 11.8 Å². The first-order valence-electron chi connectivity index (χ1n) is 12.3.